The summed E-state index contributed by atoms with van der Waals surface area (Å²) < 4.78 is 13.5. The Balaban J connectivity index is 1.71. The molecule has 1 aliphatic heterocycles. The smallest absolute Gasteiger partial charge is 0.127 e. The summed E-state index contributed by atoms with van der Waals surface area (Å²) >= 11 is 5.82. The molecule has 0 spiro atoms. The average molecular weight is 287 g/mol. The quantitative estimate of drug-likeness (QED) is 0.840. The van der Waals surface area contributed by atoms with Crippen molar-refractivity contribution < 1.29 is 9.50 Å². The molecule has 1 atom stereocenters. The second kappa shape index (κ2) is 7.20. The molecular formula is C14H20ClFN2O. The van der Waals surface area contributed by atoms with E-state index in [0.717, 1.165) is 13.1 Å². The molecule has 106 valence electrons. The van der Waals surface area contributed by atoms with Crippen molar-refractivity contribution >= 4 is 11.6 Å². The normalized spacial score (nSPS) is 17.8. The topological polar surface area (TPSA) is 35.5 Å². The van der Waals surface area contributed by atoms with Crippen LogP contribution in [0, 0.1) is 5.82 Å². The minimum absolute atomic E-state index is 0.272. The molecule has 1 aliphatic rings. The minimum atomic E-state index is -0.416. The third-order valence-electron chi connectivity index (χ3n) is 3.37. The van der Waals surface area contributed by atoms with Gasteiger partial charge in [-0.15, -0.1) is 0 Å². The maximum atomic E-state index is 13.5. The summed E-state index contributed by atoms with van der Waals surface area (Å²) in [5.74, 6) is -0.272. The van der Waals surface area contributed by atoms with Crippen molar-refractivity contribution in [1.29, 1.82) is 0 Å². The predicted octanol–water partition coefficient (Wildman–Crippen LogP) is 2.03. The van der Waals surface area contributed by atoms with Gasteiger partial charge in [0, 0.05) is 30.2 Å². The monoisotopic (exact) mass is 286 g/mol. The van der Waals surface area contributed by atoms with Gasteiger partial charge in [0.15, 0.2) is 0 Å². The van der Waals surface area contributed by atoms with Crippen LogP contribution in [0.2, 0.25) is 5.02 Å². The average Bonchev–Trinajstić information content (AvgIpc) is 2.86. The Morgan fingerprint density at radius 3 is 2.84 bits per heavy atom. The van der Waals surface area contributed by atoms with Gasteiger partial charge in [-0.25, -0.2) is 4.39 Å². The van der Waals surface area contributed by atoms with Gasteiger partial charge in [-0.05, 0) is 44.1 Å². The van der Waals surface area contributed by atoms with Gasteiger partial charge >= 0.3 is 0 Å². The van der Waals surface area contributed by atoms with Crippen LogP contribution in [0.4, 0.5) is 4.39 Å². The molecule has 1 saturated heterocycles. The number of halogens is 2. The largest absolute Gasteiger partial charge is 0.390 e. The molecule has 0 saturated carbocycles. The fourth-order valence-electron chi connectivity index (χ4n) is 2.38. The van der Waals surface area contributed by atoms with Crippen LogP contribution < -0.4 is 5.32 Å². The highest BCUT2D eigenvalue weighted by atomic mass is 35.5. The van der Waals surface area contributed by atoms with Crippen molar-refractivity contribution in [3.8, 4) is 0 Å². The van der Waals surface area contributed by atoms with Crippen molar-refractivity contribution in [2.45, 2.75) is 25.5 Å². The summed E-state index contributed by atoms with van der Waals surface area (Å²) in [5.41, 5.74) is 0.529. The number of aliphatic hydroxyl groups is 1. The molecule has 1 heterocycles. The lowest BCUT2D eigenvalue weighted by Crippen LogP contribution is -2.36. The van der Waals surface area contributed by atoms with Crippen LogP contribution in [0.15, 0.2) is 18.2 Å². The summed E-state index contributed by atoms with van der Waals surface area (Å²) in [7, 11) is 0. The van der Waals surface area contributed by atoms with E-state index >= 15 is 0 Å². The van der Waals surface area contributed by atoms with E-state index < -0.39 is 6.10 Å². The van der Waals surface area contributed by atoms with Crippen LogP contribution in [0.3, 0.4) is 0 Å². The Morgan fingerprint density at radius 1 is 1.37 bits per heavy atom. The van der Waals surface area contributed by atoms with E-state index in [-0.39, 0.29) is 5.82 Å². The van der Waals surface area contributed by atoms with Crippen LogP contribution in [0.1, 0.15) is 18.4 Å². The summed E-state index contributed by atoms with van der Waals surface area (Å²) in [6, 6.07) is 4.50. The first-order valence-corrected chi connectivity index (χ1v) is 7.08. The van der Waals surface area contributed by atoms with E-state index in [4.69, 9.17) is 11.6 Å². The number of β-amino-alcohol motifs (C(OH)–C–C–N with tert-alkyl or cyclic N) is 1. The first-order valence-electron chi connectivity index (χ1n) is 6.70. The number of nitrogens with one attached hydrogen (secondary N) is 1. The van der Waals surface area contributed by atoms with Gasteiger partial charge in [0.2, 0.25) is 0 Å². The Bertz CT molecular complexity index is 410. The van der Waals surface area contributed by atoms with Gasteiger partial charge in [-0.1, -0.05) is 11.6 Å². The summed E-state index contributed by atoms with van der Waals surface area (Å²) in [6.45, 7) is 3.66. The Kier molecular flexibility index (Phi) is 5.58. The number of hydrogen-bond acceptors (Lipinski definition) is 3. The molecule has 1 aromatic rings. The molecule has 2 rings (SSSR count). The first kappa shape index (κ1) is 14.7. The standard InChI is InChI=1S/C14H20ClFN2O/c15-12-3-4-14(16)11(7-12)8-17-9-13(19)10-18-5-1-2-6-18/h3-4,7,13,17,19H,1-2,5-6,8-10H2. The predicted molar refractivity (Wildman–Crippen MR) is 74.8 cm³/mol. The van der Waals surface area contributed by atoms with Gasteiger partial charge < -0.3 is 15.3 Å². The number of aliphatic hydroxyl groups excluding tert-OH is 1. The highest BCUT2D eigenvalue weighted by Crippen LogP contribution is 2.14. The maximum Gasteiger partial charge on any atom is 0.127 e. The molecule has 1 aromatic carbocycles. The van der Waals surface area contributed by atoms with E-state index in [1.807, 2.05) is 0 Å². The van der Waals surface area contributed by atoms with Crippen LogP contribution in [-0.2, 0) is 6.54 Å². The number of likely N-dealkylation sites (tertiary alicyclic amines) is 1. The van der Waals surface area contributed by atoms with Gasteiger partial charge in [0.05, 0.1) is 6.10 Å². The zero-order valence-electron chi connectivity index (χ0n) is 10.9. The second-order valence-electron chi connectivity index (χ2n) is 5.03. The van der Waals surface area contributed by atoms with Crippen molar-refractivity contribution in [1.82, 2.24) is 10.2 Å². The zero-order valence-corrected chi connectivity index (χ0v) is 11.7. The van der Waals surface area contributed by atoms with Gasteiger partial charge in [0.1, 0.15) is 5.82 Å². The maximum absolute atomic E-state index is 13.5. The minimum Gasteiger partial charge on any atom is -0.390 e. The third kappa shape index (κ3) is 4.73. The van der Waals surface area contributed by atoms with Crippen LogP contribution >= 0.6 is 11.6 Å². The van der Waals surface area contributed by atoms with Gasteiger partial charge in [-0.3, -0.25) is 0 Å². The molecule has 0 aliphatic carbocycles. The summed E-state index contributed by atoms with van der Waals surface area (Å²) in [5, 5.41) is 13.5. The first-order chi connectivity index (χ1) is 9.15. The molecule has 1 unspecified atom stereocenters. The molecule has 0 aromatic heterocycles. The van der Waals surface area contributed by atoms with Crippen LogP contribution in [0.5, 0.6) is 0 Å². The molecule has 0 bridgehead atoms. The lowest BCUT2D eigenvalue weighted by Gasteiger charge is -2.19. The number of nitrogens with zero attached hydrogens (tertiary/aromatic N) is 1. The third-order valence-corrected chi connectivity index (χ3v) is 3.61. The molecule has 2 N–H and O–H groups in total. The van der Waals surface area contributed by atoms with Gasteiger partial charge in [0.25, 0.3) is 0 Å². The van der Waals surface area contributed by atoms with E-state index in [0.29, 0.717) is 30.2 Å². The van der Waals surface area contributed by atoms with E-state index in [1.165, 1.54) is 25.0 Å². The fourth-order valence-corrected chi connectivity index (χ4v) is 2.57. The van der Waals surface area contributed by atoms with Crippen LogP contribution in [-0.4, -0.2) is 42.3 Å². The highest BCUT2D eigenvalue weighted by molar-refractivity contribution is 6.30. The van der Waals surface area contributed by atoms with Gasteiger partial charge in [-0.2, -0.15) is 0 Å². The zero-order chi connectivity index (χ0) is 13.7. The van der Waals surface area contributed by atoms with Crippen LogP contribution in [0.25, 0.3) is 0 Å². The van der Waals surface area contributed by atoms with E-state index in [2.05, 4.69) is 10.2 Å². The Hall–Kier alpha value is -0.680. The summed E-state index contributed by atoms with van der Waals surface area (Å²) in [4.78, 5) is 2.26. The van der Waals surface area contributed by atoms with Crippen molar-refractivity contribution in [2.75, 3.05) is 26.2 Å². The highest BCUT2D eigenvalue weighted by Gasteiger charge is 2.15. The van der Waals surface area contributed by atoms with E-state index in [1.54, 1.807) is 6.07 Å². The van der Waals surface area contributed by atoms with E-state index in [9.17, 15) is 9.50 Å². The molecule has 1 fully saturated rings. The summed E-state index contributed by atoms with van der Waals surface area (Å²) in [6.07, 6.45) is 2.02. The molecule has 5 heteroatoms. The molecule has 0 amide bonds. The SMILES string of the molecule is OC(CNCc1cc(Cl)ccc1F)CN1CCCC1. The van der Waals surface area contributed by atoms with Crippen molar-refractivity contribution in [3.63, 3.8) is 0 Å². The van der Waals surface area contributed by atoms with Crippen molar-refractivity contribution in [3.05, 3.63) is 34.6 Å². The number of hydrogen-bond donors (Lipinski definition) is 2. The number of rotatable bonds is 6. The molecule has 3 nitrogen and oxygen atoms in total. The molecule has 19 heavy (non-hydrogen) atoms. The Morgan fingerprint density at radius 2 is 2.11 bits per heavy atom. The number of benzene rings is 1. The fraction of sp³-hybridized carbons (Fsp3) is 0.571. The molecular weight excluding hydrogens is 267 g/mol. The lowest BCUT2D eigenvalue weighted by atomic mass is 10.2. The second-order valence-corrected chi connectivity index (χ2v) is 5.46. The molecule has 0 radical (unpaired) electrons. The Labute approximate surface area is 118 Å². The lowest BCUT2D eigenvalue weighted by molar-refractivity contribution is 0.123. The van der Waals surface area contributed by atoms with Crippen molar-refractivity contribution in [2.24, 2.45) is 0 Å².